The maximum absolute atomic E-state index is 6.81. The summed E-state index contributed by atoms with van der Waals surface area (Å²) < 4.78 is 0. The van der Waals surface area contributed by atoms with Gasteiger partial charge in [-0.2, -0.15) is 0 Å². The van der Waals surface area contributed by atoms with Gasteiger partial charge in [0.15, 0.2) is 0 Å². The quantitative estimate of drug-likeness (QED) is 0.104. The molecule has 3 N–H and O–H groups in total. The van der Waals surface area contributed by atoms with E-state index in [1.54, 1.807) is 0 Å². The highest BCUT2D eigenvalue weighted by Gasteiger charge is 2.36. The fourth-order valence-corrected chi connectivity index (χ4v) is 8.28. The Balaban J connectivity index is 0.000000469. The van der Waals surface area contributed by atoms with Crippen molar-refractivity contribution in [2.24, 2.45) is 10.7 Å². The number of nitrogens with two attached hydrogens (primary N) is 1. The zero-order chi connectivity index (χ0) is 40.2. The van der Waals surface area contributed by atoms with E-state index in [0.29, 0.717) is 12.4 Å². The number of amidine groups is 1. The summed E-state index contributed by atoms with van der Waals surface area (Å²) in [7, 11) is 0. The number of fused-ring (bicyclic) bond motifs is 8. The van der Waals surface area contributed by atoms with Crippen LogP contribution in [-0.2, 0) is 12.0 Å². The van der Waals surface area contributed by atoms with Crippen LogP contribution in [-0.4, -0.2) is 17.5 Å². The van der Waals surface area contributed by atoms with Crippen LogP contribution in [0, 0.1) is 12.3 Å². The number of nitrogens with zero attached hydrogens (tertiary/aromatic N) is 2. The number of rotatable bonds is 5. The molecule has 0 amide bonds. The molecule has 4 nitrogen and oxygen atoms in total. The molecule has 1 aliphatic rings. The third kappa shape index (κ3) is 7.17. The second-order valence-electron chi connectivity index (χ2n) is 15.3. The normalized spacial score (nSPS) is 12.6. The molecule has 0 atom stereocenters. The molecule has 0 unspecified atom stereocenters. The van der Waals surface area contributed by atoms with Crippen LogP contribution >= 0.6 is 0 Å². The first-order chi connectivity index (χ1) is 28.3. The first kappa shape index (κ1) is 37.7. The van der Waals surface area contributed by atoms with Crippen LogP contribution in [0.25, 0.3) is 66.0 Å². The van der Waals surface area contributed by atoms with Gasteiger partial charge in [-0.3, -0.25) is 4.99 Å². The molecule has 0 saturated heterocycles. The van der Waals surface area contributed by atoms with Crippen molar-refractivity contribution in [3.63, 3.8) is 0 Å². The molecular weight excluding hydrogens is 705 g/mol. The SMILES string of the molecule is C=N.CC1(C)c2cc(-c3cc(C(N)=NCc4ccccc4)cc(-c4nc5ccccc5c5ccccc45)c3)ccc2-c2c1ccc1ccccc21.Cc1ccccc1. The molecular formula is C54H46N4. The first-order valence-electron chi connectivity index (χ1n) is 19.7. The molecule has 0 saturated carbocycles. The van der Waals surface area contributed by atoms with Crippen molar-refractivity contribution < 1.29 is 0 Å². The Kier molecular flexibility index (Phi) is 10.5. The van der Waals surface area contributed by atoms with Gasteiger partial charge in [-0.05, 0) is 99.1 Å². The third-order valence-corrected chi connectivity index (χ3v) is 11.2. The van der Waals surface area contributed by atoms with E-state index < -0.39 is 0 Å². The Hall–Kier alpha value is -7.17. The smallest absolute Gasteiger partial charge is 0.125 e. The van der Waals surface area contributed by atoms with Crippen molar-refractivity contribution >= 4 is 45.0 Å². The van der Waals surface area contributed by atoms with Crippen LogP contribution in [0.3, 0.4) is 0 Å². The third-order valence-electron chi connectivity index (χ3n) is 11.2. The molecule has 0 bridgehead atoms. The topological polar surface area (TPSA) is 75.1 Å². The number of benzene rings is 8. The maximum atomic E-state index is 6.81. The number of aliphatic imine (C=N–C) groups is 1. The Morgan fingerprint density at radius 1 is 0.586 bits per heavy atom. The van der Waals surface area contributed by atoms with Gasteiger partial charge in [-0.1, -0.05) is 171 Å². The van der Waals surface area contributed by atoms with Crippen LogP contribution < -0.4 is 5.73 Å². The van der Waals surface area contributed by atoms with Gasteiger partial charge in [0.1, 0.15) is 5.84 Å². The summed E-state index contributed by atoms with van der Waals surface area (Å²) in [6.07, 6.45) is 0. The lowest BCUT2D eigenvalue weighted by atomic mass is 9.81. The van der Waals surface area contributed by atoms with E-state index >= 15 is 0 Å². The highest BCUT2D eigenvalue weighted by molar-refractivity contribution is 6.11. The van der Waals surface area contributed by atoms with Gasteiger partial charge in [0.05, 0.1) is 17.8 Å². The molecule has 9 aromatic rings. The lowest BCUT2D eigenvalue weighted by Gasteiger charge is -2.22. The van der Waals surface area contributed by atoms with Crippen molar-refractivity contribution in [2.45, 2.75) is 32.7 Å². The summed E-state index contributed by atoms with van der Waals surface area (Å²) in [5.74, 6) is 0.511. The minimum Gasteiger partial charge on any atom is -0.383 e. The molecule has 10 rings (SSSR count). The maximum Gasteiger partial charge on any atom is 0.125 e. The number of para-hydroxylation sites is 1. The number of nitrogens with one attached hydrogen (secondary N) is 1. The zero-order valence-electron chi connectivity index (χ0n) is 33.2. The Morgan fingerprint density at radius 3 is 1.93 bits per heavy atom. The van der Waals surface area contributed by atoms with Gasteiger partial charge in [-0.15, -0.1) is 0 Å². The lowest BCUT2D eigenvalue weighted by Crippen LogP contribution is -2.15. The summed E-state index contributed by atoms with van der Waals surface area (Å²) in [4.78, 5) is 10.1. The summed E-state index contributed by atoms with van der Waals surface area (Å²) in [6.45, 7) is 9.79. The second-order valence-corrected chi connectivity index (χ2v) is 15.3. The summed E-state index contributed by atoms with van der Waals surface area (Å²) in [5, 5.41) is 11.5. The van der Waals surface area contributed by atoms with Crippen LogP contribution in [0.4, 0.5) is 0 Å². The lowest BCUT2D eigenvalue weighted by molar-refractivity contribution is 0.661. The molecule has 0 spiro atoms. The van der Waals surface area contributed by atoms with Crippen LogP contribution in [0.15, 0.2) is 187 Å². The Bertz CT molecular complexity index is 2950. The molecule has 8 aromatic carbocycles. The van der Waals surface area contributed by atoms with E-state index in [4.69, 9.17) is 21.1 Å². The van der Waals surface area contributed by atoms with Crippen LogP contribution in [0.1, 0.15) is 41.7 Å². The highest BCUT2D eigenvalue weighted by atomic mass is 14.8. The predicted molar refractivity (Wildman–Crippen MR) is 247 cm³/mol. The van der Waals surface area contributed by atoms with Crippen molar-refractivity contribution in [1.82, 2.24) is 4.98 Å². The number of aromatic nitrogens is 1. The van der Waals surface area contributed by atoms with Crippen molar-refractivity contribution in [3.05, 3.63) is 210 Å². The van der Waals surface area contributed by atoms with Gasteiger partial charge in [0.2, 0.25) is 0 Å². The largest absolute Gasteiger partial charge is 0.383 e. The second kappa shape index (κ2) is 16.1. The molecule has 58 heavy (non-hydrogen) atoms. The number of aryl methyl sites for hydroxylation is 1. The monoisotopic (exact) mass is 750 g/mol. The zero-order valence-corrected chi connectivity index (χ0v) is 33.2. The van der Waals surface area contributed by atoms with Crippen molar-refractivity contribution in [1.29, 1.82) is 5.41 Å². The minimum atomic E-state index is -0.141. The van der Waals surface area contributed by atoms with Gasteiger partial charge in [-0.25, -0.2) is 4.98 Å². The first-order valence-corrected chi connectivity index (χ1v) is 19.7. The molecule has 0 radical (unpaired) electrons. The summed E-state index contributed by atoms with van der Waals surface area (Å²) in [6, 6.07) is 64.3. The van der Waals surface area contributed by atoms with Crippen molar-refractivity contribution in [3.8, 4) is 33.5 Å². The van der Waals surface area contributed by atoms with Crippen LogP contribution in [0.5, 0.6) is 0 Å². The van der Waals surface area contributed by atoms with E-state index in [1.165, 1.54) is 44.0 Å². The van der Waals surface area contributed by atoms with Gasteiger partial charge in [0.25, 0.3) is 0 Å². The van der Waals surface area contributed by atoms with E-state index in [9.17, 15) is 0 Å². The Morgan fingerprint density at radius 2 is 1.21 bits per heavy atom. The average Bonchev–Trinajstić information content (AvgIpc) is 3.52. The van der Waals surface area contributed by atoms with E-state index in [2.05, 4.69) is 173 Å². The fourth-order valence-electron chi connectivity index (χ4n) is 8.28. The fraction of sp³-hybridized carbons (Fsp3) is 0.0926. The van der Waals surface area contributed by atoms with E-state index in [1.807, 2.05) is 36.4 Å². The minimum absolute atomic E-state index is 0.141. The van der Waals surface area contributed by atoms with Crippen molar-refractivity contribution in [2.75, 3.05) is 0 Å². The standard InChI is InChI=1S/C46H35N3.C7H8.CH3N/c1-46(2)40-23-21-30-14-6-7-15-35(30)43(40)39-22-20-31(27-41(39)46)32-24-33(26-34(25-32)45(47)48-28-29-12-4-3-5-13-29)44-38-18-9-8-16-36(38)37-17-10-11-19-42(37)49-44;1-7-5-3-2-4-6-7;1-2/h3-27H,28H2,1-2H3,(H2,47,48);2-6H,1H3;2H,1H2. The van der Waals surface area contributed by atoms with Gasteiger partial charge in [0, 0.05) is 27.3 Å². The number of hydrogen-bond donors (Lipinski definition) is 2. The van der Waals surface area contributed by atoms with Gasteiger partial charge >= 0.3 is 0 Å². The highest BCUT2D eigenvalue weighted by Crippen LogP contribution is 2.52. The number of pyridine rings is 1. The number of hydrogen-bond acceptors (Lipinski definition) is 3. The van der Waals surface area contributed by atoms with Crippen LogP contribution in [0.2, 0.25) is 0 Å². The predicted octanol–water partition coefficient (Wildman–Crippen LogP) is 13.3. The molecule has 282 valence electrons. The van der Waals surface area contributed by atoms with Gasteiger partial charge < -0.3 is 11.1 Å². The summed E-state index contributed by atoms with van der Waals surface area (Å²) >= 11 is 0. The molecule has 0 fully saturated rings. The summed E-state index contributed by atoms with van der Waals surface area (Å²) in [5.41, 5.74) is 20.5. The molecule has 1 aliphatic carbocycles. The Labute approximate surface area is 340 Å². The molecule has 0 aliphatic heterocycles. The molecule has 1 heterocycles. The average molecular weight is 751 g/mol. The van der Waals surface area contributed by atoms with E-state index in [-0.39, 0.29) is 5.41 Å². The molecule has 1 aromatic heterocycles. The van der Waals surface area contributed by atoms with E-state index in [0.717, 1.165) is 49.8 Å². The molecule has 4 heteroatoms.